The van der Waals surface area contributed by atoms with Crippen LogP contribution in [0.3, 0.4) is 0 Å². The molecule has 0 radical (unpaired) electrons. The molecule has 1 aliphatic rings. The molecule has 2 rings (SSSR count). The molecule has 1 aromatic rings. The highest BCUT2D eigenvalue weighted by Crippen LogP contribution is 2.36. The van der Waals surface area contributed by atoms with Gasteiger partial charge in [0, 0.05) is 10.1 Å². The molecule has 1 fully saturated rings. The van der Waals surface area contributed by atoms with E-state index in [1.807, 2.05) is 24.3 Å². The van der Waals surface area contributed by atoms with E-state index in [0.717, 1.165) is 23.5 Å². The molecule has 1 saturated carbocycles. The van der Waals surface area contributed by atoms with E-state index in [9.17, 15) is 4.21 Å². The SMILES string of the molecule is CCCC1CCC(CN)C(S(=O)c2cccc(OC)c2)C1. The molecule has 4 atom stereocenters. The van der Waals surface area contributed by atoms with E-state index in [2.05, 4.69) is 6.92 Å². The number of methoxy groups -OCH3 is 1. The summed E-state index contributed by atoms with van der Waals surface area (Å²) in [4.78, 5) is 0.870. The van der Waals surface area contributed by atoms with Crippen LogP contribution in [0.4, 0.5) is 0 Å². The third-order valence-electron chi connectivity index (χ3n) is 4.59. The van der Waals surface area contributed by atoms with Crippen LogP contribution in [-0.4, -0.2) is 23.1 Å². The van der Waals surface area contributed by atoms with Crippen molar-refractivity contribution in [3.05, 3.63) is 24.3 Å². The molecule has 4 heteroatoms. The van der Waals surface area contributed by atoms with E-state index >= 15 is 0 Å². The molecule has 0 amide bonds. The van der Waals surface area contributed by atoms with E-state index in [1.54, 1.807) is 7.11 Å². The van der Waals surface area contributed by atoms with Crippen LogP contribution in [-0.2, 0) is 10.8 Å². The summed E-state index contributed by atoms with van der Waals surface area (Å²) in [6.45, 7) is 2.86. The second kappa shape index (κ2) is 7.95. The maximum atomic E-state index is 13.0. The third-order valence-corrected chi connectivity index (χ3v) is 6.43. The molecule has 0 spiro atoms. The van der Waals surface area contributed by atoms with Crippen LogP contribution in [0.5, 0.6) is 5.75 Å². The van der Waals surface area contributed by atoms with Gasteiger partial charge in [0.25, 0.3) is 0 Å². The molecule has 1 aliphatic carbocycles. The van der Waals surface area contributed by atoms with Gasteiger partial charge in [0.2, 0.25) is 0 Å². The lowest BCUT2D eigenvalue weighted by molar-refractivity contribution is 0.272. The van der Waals surface area contributed by atoms with E-state index in [-0.39, 0.29) is 5.25 Å². The summed E-state index contributed by atoms with van der Waals surface area (Å²) in [7, 11) is 0.646. The average Bonchev–Trinajstić information content (AvgIpc) is 2.54. The Hall–Kier alpha value is -0.870. The summed E-state index contributed by atoms with van der Waals surface area (Å²) in [5.41, 5.74) is 5.93. The highest BCUT2D eigenvalue weighted by molar-refractivity contribution is 7.85. The molecule has 3 nitrogen and oxygen atoms in total. The highest BCUT2D eigenvalue weighted by atomic mass is 32.2. The van der Waals surface area contributed by atoms with Gasteiger partial charge in [-0.3, -0.25) is 4.21 Å². The number of hydrogen-bond donors (Lipinski definition) is 1. The monoisotopic (exact) mass is 309 g/mol. The summed E-state index contributed by atoms with van der Waals surface area (Å²) in [5, 5.41) is 0.187. The lowest BCUT2D eigenvalue weighted by atomic mass is 9.80. The quantitative estimate of drug-likeness (QED) is 0.877. The van der Waals surface area contributed by atoms with Crippen LogP contribution in [0, 0.1) is 11.8 Å². The second-order valence-electron chi connectivity index (χ2n) is 5.98. The first-order valence-electron chi connectivity index (χ1n) is 7.94. The molecule has 0 bridgehead atoms. The fourth-order valence-corrected chi connectivity index (χ4v) is 5.22. The van der Waals surface area contributed by atoms with E-state index in [4.69, 9.17) is 10.5 Å². The largest absolute Gasteiger partial charge is 0.497 e. The molecule has 1 aromatic carbocycles. The Bertz CT molecular complexity index is 478. The van der Waals surface area contributed by atoms with Crippen LogP contribution in [0.25, 0.3) is 0 Å². The Kier molecular flexibility index (Phi) is 6.24. The predicted octanol–water partition coefficient (Wildman–Crippen LogP) is 3.35. The lowest BCUT2D eigenvalue weighted by Crippen LogP contribution is -2.37. The van der Waals surface area contributed by atoms with Crippen molar-refractivity contribution in [2.45, 2.75) is 49.2 Å². The zero-order valence-electron chi connectivity index (χ0n) is 13.1. The van der Waals surface area contributed by atoms with Crippen molar-refractivity contribution in [2.75, 3.05) is 13.7 Å². The molecule has 0 aromatic heterocycles. The summed E-state index contributed by atoms with van der Waals surface area (Å²) in [6.07, 6.45) is 5.84. The fourth-order valence-electron chi connectivity index (χ4n) is 3.38. The van der Waals surface area contributed by atoms with E-state index in [1.165, 1.54) is 19.3 Å². The van der Waals surface area contributed by atoms with Gasteiger partial charge in [-0.2, -0.15) is 0 Å². The fraction of sp³-hybridized carbons (Fsp3) is 0.647. The molecule has 4 unspecified atom stereocenters. The number of nitrogens with two attached hydrogens (primary N) is 1. The minimum atomic E-state index is -0.996. The predicted molar refractivity (Wildman–Crippen MR) is 88.0 cm³/mol. The van der Waals surface area contributed by atoms with Crippen molar-refractivity contribution in [3.63, 3.8) is 0 Å². The first-order chi connectivity index (χ1) is 10.2. The summed E-state index contributed by atoms with van der Waals surface area (Å²) < 4.78 is 18.2. The minimum absolute atomic E-state index is 0.187. The normalized spacial score (nSPS) is 27.3. The van der Waals surface area contributed by atoms with Crippen LogP contribution in [0.2, 0.25) is 0 Å². The molecular formula is C17H27NO2S. The Morgan fingerprint density at radius 3 is 2.86 bits per heavy atom. The first kappa shape index (κ1) is 16.5. The van der Waals surface area contributed by atoms with Gasteiger partial charge >= 0.3 is 0 Å². The number of benzene rings is 1. The molecule has 118 valence electrons. The zero-order valence-corrected chi connectivity index (χ0v) is 13.9. The summed E-state index contributed by atoms with van der Waals surface area (Å²) >= 11 is 0. The van der Waals surface area contributed by atoms with Crippen molar-refractivity contribution in [1.82, 2.24) is 0 Å². The molecule has 0 saturated heterocycles. The van der Waals surface area contributed by atoms with Crippen LogP contribution < -0.4 is 10.5 Å². The van der Waals surface area contributed by atoms with Gasteiger partial charge in [-0.1, -0.05) is 32.3 Å². The maximum Gasteiger partial charge on any atom is 0.120 e. The lowest BCUT2D eigenvalue weighted by Gasteiger charge is -2.35. The van der Waals surface area contributed by atoms with Crippen LogP contribution in [0.15, 0.2) is 29.2 Å². The van der Waals surface area contributed by atoms with Crippen LogP contribution in [0.1, 0.15) is 39.0 Å². The van der Waals surface area contributed by atoms with Gasteiger partial charge in [0.15, 0.2) is 0 Å². The smallest absolute Gasteiger partial charge is 0.120 e. The minimum Gasteiger partial charge on any atom is -0.497 e. The van der Waals surface area contributed by atoms with Gasteiger partial charge in [0.05, 0.1) is 17.9 Å². The van der Waals surface area contributed by atoms with Gasteiger partial charge in [-0.25, -0.2) is 0 Å². The number of rotatable bonds is 6. The average molecular weight is 309 g/mol. The highest BCUT2D eigenvalue weighted by Gasteiger charge is 2.33. The van der Waals surface area contributed by atoms with E-state index in [0.29, 0.717) is 18.4 Å². The first-order valence-corrected chi connectivity index (χ1v) is 9.15. The van der Waals surface area contributed by atoms with Crippen molar-refractivity contribution < 1.29 is 8.95 Å². The van der Waals surface area contributed by atoms with Crippen molar-refractivity contribution >= 4 is 10.8 Å². The van der Waals surface area contributed by atoms with Gasteiger partial charge in [-0.15, -0.1) is 0 Å². The van der Waals surface area contributed by atoms with Crippen molar-refractivity contribution in [2.24, 2.45) is 17.6 Å². The molecule has 0 aliphatic heterocycles. The Balaban J connectivity index is 2.16. The molecule has 21 heavy (non-hydrogen) atoms. The third kappa shape index (κ3) is 4.07. The van der Waals surface area contributed by atoms with Gasteiger partial charge in [0.1, 0.15) is 5.75 Å². The van der Waals surface area contributed by atoms with Crippen molar-refractivity contribution in [1.29, 1.82) is 0 Å². The van der Waals surface area contributed by atoms with Crippen LogP contribution >= 0.6 is 0 Å². The maximum absolute atomic E-state index is 13.0. The number of hydrogen-bond acceptors (Lipinski definition) is 3. The summed E-state index contributed by atoms with van der Waals surface area (Å²) in [5.74, 6) is 1.86. The van der Waals surface area contributed by atoms with Gasteiger partial charge in [-0.05, 0) is 49.4 Å². The second-order valence-corrected chi connectivity index (χ2v) is 7.65. The topological polar surface area (TPSA) is 52.3 Å². The Labute approximate surface area is 130 Å². The molecular weight excluding hydrogens is 282 g/mol. The standard InChI is InChI=1S/C17H27NO2S/c1-3-5-13-8-9-14(12-18)17(10-13)21(19)16-7-4-6-15(11-16)20-2/h4,6-7,11,13-14,17H,3,5,8-10,12,18H2,1-2H3. The van der Waals surface area contributed by atoms with E-state index < -0.39 is 10.8 Å². The van der Waals surface area contributed by atoms with Gasteiger partial charge < -0.3 is 10.5 Å². The zero-order chi connectivity index (χ0) is 15.2. The summed E-state index contributed by atoms with van der Waals surface area (Å²) in [6, 6.07) is 7.64. The Morgan fingerprint density at radius 2 is 2.19 bits per heavy atom. The number of ether oxygens (including phenoxy) is 1. The molecule has 0 heterocycles. The van der Waals surface area contributed by atoms with Crippen molar-refractivity contribution in [3.8, 4) is 5.75 Å². The molecule has 2 N–H and O–H groups in total. The Morgan fingerprint density at radius 1 is 1.38 bits per heavy atom.